The molecule has 3 N–H and O–H groups in total. The molecule has 0 aromatic heterocycles. The standard InChI is InChI=1S/C15H23N3O3/c1-4-8-18(10-14(19)17-3)15(20)11-6-7-13(21-5-2)12(16)9-11/h6-7,9H,4-5,8,10,16H2,1-3H3,(H,17,19). The fourth-order valence-corrected chi connectivity index (χ4v) is 1.93. The summed E-state index contributed by atoms with van der Waals surface area (Å²) in [5.41, 5.74) is 6.74. The second kappa shape index (κ2) is 8.14. The lowest BCUT2D eigenvalue weighted by atomic mass is 10.1. The molecule has 2 amide bonds. The van der Waals surface area contributed by atoms with E-state index in [1.54, 1.807) is 25.2 Å². The van der Waals surface area contributed by atoms with E-state index >= 15 is 0 Å². The molecule has 0 radical (unpaired) electrons. The SMILES string of the molecule is CCCN(CC(=O)NC)C(=O)c1ccc(OCC)c(N)c1. The minimum Gasteiger partial charge on any atom is -0.492 e. The zero-order valence-electron chi connectivity index (χ0n) is 12.8. The van der Waals surface area contributed by atoms with Gasteiger partial charge in [-0.2, -0.15) is 0 Å². The summed E-state index contributed by atoms with van der Waals surface area (Å²) >= 11 is 0. The summed E-state index contributed by atoms with van der Waals surface area (Å²) in [6.45, 7) is 4.88. The Labute approximate surface area is 125 Å². The van der Waals surface area contributed by atoms with E-state index in [2.05, 4.69) is 5.32 Å². The van der Waals surface area contributed by atoms with E-state index in [1.165, 1.54) is 4.90 Å². The number of nitrogens with zero attached hydrogens (tertiary/aromatic N) is 1. The third kappa shape index (κ3) is 4.66. The number of carbonyl (C=O) groups is 2. The highest BCUT2D eigenvalue weighted by atomic mass is 16.5. The van der Waals surface area contributed by atoms with E-state index in [9.17, 15) is 9.59 Å². The summed E-state index contributed by atoms with van der Waals surface area (Å²) in [5, 5.41) is 2.52. The number of carbonyl (C=O) groups excluding carboxylic acids is 2. The van der Waals surface area contributed by atoms with Crippen molar-refractivity contribution < 1.29 is 14.3 Å². The van der Waals surface area contributed by atoms with Crippen molar-refractivity contribution in [2.45, 2.75) is 20.3 Å². The van der Waals surface area contributed by atoms with Crippen molar-refractivity contribution in [2.24, 2.45) is 0 Å². The molecule has 0 spiro atoms. The van der Waals surface area contributed by atoms with Gasteiger partial charge in [-0.05, 0) is 31.5 Å². The predicted octanol–water partition coefficient (Wildman–Crippen LogP) is 1.27. The molecule has 0 aliphatic heterocycles. The molecule has 0 saturated heterocycles. The van der Waals surface area contributed by atoms with Crippen LogP contribution in [0.2, 0.25) is 0 Å². The van der Waals surface area contributed by atoms with Crippen molar-refractivity contribution in [3.63, 3.8) is 0 Å². The molecule has 0 bridgehead atoms. The number of hydrogen-bond acceptors (Lipinski definition) is 4. The first-order valence-corrected chi connectivity index (χ1v) is 7.05. The van der Waals surface area contributed by atoms with Gasteiger partial charge in [-0.3, -0.25) is 9.59 Å². The van der Waals surface area contributed by atoms with E-state index in [0.717, 1.165) is 6.42 Å². The monoisotopic (exact) mass is 293 g/mol. The van der Waals surface area contributed by atoms with Gasteiger partial charge in [-0.15, -0.1) is 0 Å². The van der Waals surface area contributed by atoms with Crippen molar-refractivity contribution in [2.75, 3.05) is 32.5 Å². The number of benzene rings is 1. The quantitative estimate of drug-likeness (QED) is 0.741. The van der Waals surface area contributed by atoms with Crippen LogP contribution in [0.15, 0.2) is 18.2 Å². The molecule has 0 fully saturated rings. The molecule has 6 heteroatoms. The minimum absolute atomic E-state index is 0.0380. The Morgan fingerprint density at radius 1 is 1.33 bits per heavy atom. The van der Waals surface area contributed by atoms with Crippen LogP contribution in [0, 0.1) is 0 Å². The van der Waals surface area contributed by atoms with E-state index in [4.69, 9.17) is 10.5 Å². The van der Waals surface area contributed by atoms with Crippen molar-refractivity contribution in [1.29, 1.82) is 0 Å². The van der Waals surface area contributed by atoms with Crippen LogP contribution < -0.4 is 15.8 Å². The van der Waals surface area contributed by atoms with Crippen LogP contribution in [-0.2, 0) is 4.79 Å². The lowest BCUT2D eigenvalue weighted by molar-refractivity contribution is -0.121. The minimum atomic E-state index is -0.213. The van der Waals surface area contributed by atoms with Gasteiger partial charge in [0.1, 0.15) is 5.75 Å². The maximum absolute atomic E-state index is 12.5. The van der Waals surface area contributed by atoms with Crippen LogP contribution in [-0.4, -0.2) is 43.5 Å². The average molecular weight is 293 g/mol. The Bertz CT molecular complexity index is 503. The van der Waals surface area contributed by atoms with Crippen molar-refractivity contribution >= 4 is 17.5 Å². The third-order valence-electron chi connectivity index (χ3n) is 2.95. The number of rotatable bonds is 7. The number of ether oxygens (including phenoxy) is 1. The molecular weight excluding hydrogens is 270 g/mol. The van der Waals surface area contributed by atoms with E-state index in [-0.39, 0.29) is 18.4 Å². The maximum Gasteiger partial charge on any atom is 0.254 e. The number of amides is 2. The number of likely N-dealkylation sites (N-methyl/N-ethyl adjacent to an activating group) is 1. The second-order valence-electron chi connectivity index (χ2n) is 4.59. The predicted molar refractivity (Wildman–Crippen MR) is 82.3 cm³/mol. The molecule has 0 unspecified atom stereocenters. The normalized spacial score (nSPS) is 10.0. The Hall–Kier alpha value is -2.24. The number of hydrogen-bond donors (Lipinski definition) is 2. The van der Waals surface area contributed by atoms with Crippen molar-refractivity contribution in [1.82, 2.24) is 10.2 Å². The Balaban J connectivity index is 2.92. The molecule has 0 aliphatic rings. The first-order valence-electron chi connectivity index (χ1n) is 7.05. The highest BCUT2D eigenvalue weighted by Gasteiger charge is 2.18. The summed E-state index contributed by atoms with van der Waals surface area (Å²) in [6.07, 6.45) is 0.773. The Kier molecular flexibility index (Phi) is 6.52. The number of nitrogens with two attached hydrogens (primary N) is 1. The molecule has 0 saturated carbocycles. The highest BCUT2D eigenvalue weighted by Crippen LogP contribution is 2.23. The van der Waals surface area contributed by atoms with E-state index in [1.807, 2.05) is 13.8 Å². The van der Waals surface area contributed by atoms with Gasteiger partial charge in [0.25, 0.3) is 5.91 Å². The molecule has 1 aromatic carbocycles. The topological polar surface area (TPSA) is 84.7 Å². The molecular formula is C15H23N3O3. The summed E-state index contributed by atoms with van der Waals surface area (Å²) < 4.78 is 5.35. The fourth-order valence-electron chi connectivity index (χ4n) is 1.93. The van der Waals surface area contributed by atoms with Crippen LogP contribution in [0.3, 0.4) is 0 Å². The lowest BCUT2D eigenvalue weighted by Gasteiger charge is -2.21. The molecule has 6 nitrogen and oxygen atoms in total. The van der Waals surface area contributed by atoms with Gasteiger partial charge in [-0.25, -0.2) is 0 Å². The average Bonchev–Trinajstić information content (AvgIpc) is 2.48. The summed E-state index contributed by atoms with van der Waals surface area (Å²) in [4.78, 5) is 25.5. The van der Waals surface area contributed by atoms with Crippen molar-refractivity contribution in [3.05, 3.63) is 23.8 Å². The summed E-state index contributed by atoms with van der Waals surface area (Å²) in [6, 6.07) is 4.92. The smallest absolute Gasteiger partial charge is 0.254 e. The molecule has 0 aliphatic carbocycles. The van der Waals surface area contributed by atoms with Gasteiger partial charge in [0.05, 0.1) is 18.8 Å². The van der Waals surface area contributed by atoms with Gasteiger partial charge < -0.3 is 20.7 Å². The van der Waals surface area contributed by atoms with Crippen LogP contribution in [0.5, 0.6) is 5.75 Å². The zero-order valence-corrected chi connectivity index (χ0v) is 12.8. The molecule has 116 valence electrons. The molecule has 1 rings (SSSR count). The zero-order chi connectivity index (χ0) is 15.8. The lowest BCUT2D eigenvalue weighted by Crippen LogP contribution is -2.40. The van der Waals surface area contributed by atoms with Gasteiger partial charge in [0, 0.05) is 19.2 Å². The first kappa shape index (κ1) is 16.8. The Morgan fingerprint density at radius 2 is 2.05 bits per heavy atom. The maximum atomic E-state index is 12.5. The summed E-state index contributed by atoms with van der Waals surface area (Å²) in [5.74, 6) is 0.147. The van der Waals surface area contributed by atoms with Crippen LogP contribution >= 0.6 is 0 Å². The Morgan fingerprint density at radius 3 is 2.57 bits per heavy atom. The van der Waals surface area contributed by atoms with Crippen LogP contribution in [0.25, 0.3) is 0 Å². The number of anilines is 1. The highest BCUT2D eigenvalue weighted by molar-refractivity contribution is 5.97. The van der Waals surface area contributed by atoms with E-state index in [0.29, 0.717) is 30.2 Å². The van der Waals surface area contributed by atoms with Gasteiger partial charge >= 0.3 is 0 Å². The van der Waals surface area contributed by atoms with Gasteiger partial charge in [-0.1, -0.05) is 6.92 Å². The molecule has 21 heavy (non-hydrogen) atoms. The van der Waals surface area contributed by atoms with Crippen LogP contribution in [0.1, 0.15) is 30.6 Å². The largest absolute Gasteiger partial charge is 0.492 e. The second-order valence-corrected chi connectivity index (χ2v) is 4.59. The molecule has 0 heterocycles. The molecule has 1 aromatic rings. The summed E-state index contributed by atoms with van der Waals surface area (Å²) in [7, 11) is 1.55. The van der Waals surface area contributed by atoms with Gasteiger partial charge in [0.2, 0.25) is 5.91 Å². The third-order valence-corrected chi connectivity index (χ3v) is 2.95. The number of nitrogens with one attached hydrogen (secondary N) is 1. The molecule has 0 atom stereocenters. The van der Waals surface area contributed by atoms with Crippen molar-refractivity contribution in [3.8, 4) is 5.75 Å². The number of nitrogen functional groups attached to an aromatic ring is 1. The fraction of sp³-hybridized carbons (Fsp3) is 0.467. The van der Waals surface area contributed by atoms with E-state index < -0.39 is 0 Å². The van der Waals surface area contributed by atoms with Crippen LogP contribution in [0.4, 0.5) is 5.69 Å². The van der Waals surface area contributed by atoms with Gasteiger partial charge in [0.15, 0.2) is 0 Å². The first-order chi connectivity index (χ1) is 10.0.